The molecule has 0 aromatic heterocycles. The smallest absolute Gasteiger partial charge is 0.0578 e. The van der Waals surface area contributed by atoms with Crippen molar-refractivity contribution in [2.24, 2.45) is 0 Å². The lowest BCUT2D eigenvalue weighted by molar-refractivity contribution is 0.420. The molecule has 0 atom stereocenters. The van der Waals surface area contributed by atoms with Crippen molar-refractivity contribution in [3.05, 3.63) is 22.7 Å². The third-order valence-electron chi connectivity index (χ3n) is 3.44. The van der Waals surface area contributed by atoms with Crippen molar-refractivity contribution in [1.82, 2.24) is 0 Å². The maximum Gasteiger partial charge on any atom is 0.0578 e. The summed E-state index contributed by atoms with van der Waals surface area (Å²) in [5.74, 6) is 0. The fourth-order valence-corrected chi connectivity index (χ4v) is 2.33. The highest BCUT2D eigenvalue weighted by molar-refractivity contribution is 9.10. The van der Waals surface area contributed by atoms with Crippen molar-refractivity contribution >= 4 is 27.3 Å². The van der Waals surface area contributed by atoms with Gasteiger partial charge in [-0.3, -0.25) is 0 Å². The molecule has 0 amide bonds. The van der Waals surface area contributed by atoms with Crippen LogP contribution in [0.25, 0.3) is 0 Å². The van der Waals surface area contributed by atoms with E-state index in [1.807, 2.05) is 18.2 Å². The first kappa shape index (κ1) is 13.4. The highest BCUT2D eigenvalue weighted by Gasteiger charge is 2.23. The van der Waals surface area contributed by atoms with Crippen molar-refractivity contribution in [3.63, 3.8) is 0 Å². The first-order valence-corrected chi connectivity index (χ1v) is 6.69. The van der Waals surface area contributed by atoms with Crippen LogP contribution in [0.2, 0.25) is 0 Å². The molecule has 0 heterocycles. The Balaban J connectivity index is 2.93. The van der Waals surface area contributed by atoms with Gasteiger partial charge in [0.1, 0.15) is 0 Å². The molecule has 2 nitrogen and oxygen atoms in total. The molecule has 0 saturated carbocycles. The van der Waals surface area contributed by atoms with Gasteiger partial charge >= 0.3 is 0 Å². The number of halogens is 1. The first-order valence-electron chi connectivity index (χ1n) is 5.90. The van der Waals surface area contributed by atoms with Crippen LogP contribution >= 0.6 is 15.9 Å². The van der Waals surface area contributed by atoms with Crippen LogP contribution in [0.4, 0.5) is 11.4 Å². The average molecular weight is 285 g/mol. The molecule has 1 aromatic rings. The molecule has 1 rings (SSSR count). The Labute approximate surface area is 107 Å². The van der Waals surface area contributed by atoms with Gasteiger partial charge < -0.3 is 11.1 Å². The number of benzene rings is 1. The predicted molar refractivity (Wildman–Crippen MR) is 75.8 cm³/mol. The molecule has 1 aromatic carbocycles. The second-order valence-corrected chi connectivity index (χ2v) is 5.11. The first-order chi connectivity index (χ1) is 7.56. The van der Waals surface area contributed by atoms with Crippen LogP contribution < -0.4 is 11.1 Å². The Hall–Kier alpha value is -0.700. The minimum Gasteiger partial charge on any atom is -0.397 e. The topological polar surface area (TPSA) is 38.0 Å². The minimum absolute atomic E-state index is 0.169. The van der Waals surface area contributed by atoms with Crippen LogP contribution in [-0.2, 0) is 0 Å². The molecule has 0 saturated heterocycles. The van der Waals surface area contributed by atoms with E-state index in [4.69, 9.17) is 5.73 Å². The van der Waals surface area contributed by atoms with Crippen LogP contribution in [0.5, 0.6) is 0 Å². The quantitative estimate of drug-likeness (QED) is 0.786. The van der Waals surface area contributed by atoms with Crippen LogP contribution in [0.3, 0.4) is 0 Å². The third kappa shape index (κ3) is 2.91. The summed E-state index contributed by atoms with van der Waals surface area (Å²) in [6, 6.07) is 5.99. The molecule has 0 spiro atoms. The molecule has 90 valence electrons. The summed E-state index contributed by atoms with van der Waals surface area (Å²) in [4.78, 5) is 0. The van der Waals surface area contributed by atoms with Crippen molar-refractivity contribution < 1.29 is 0 Å². The van der Waals surface area contributed by atoms with Crippen LogP contribution in [0, 0.1) is 0 Å². The highest BCUT2D eigenvalue weighted by Crippen LogP contribution is 2.30. The summed E-state index contributed by atoms with van der Waals surface area (Å²) >= 11 is 3.42. The molecule has 0 aliphatic rings. The summed E-state index contributed by atoms with van der Waals surface area (Å²) < 4.78 is 1.02. The molecule has 3 heteroatoms. The van der Waals surface area contributed by atoms with Crippen LogP contribution in [0.15, 0.2) is 22.7 Å². The summed E-state index contributed by atoms with van der Waals surface area (Å²) in [5.41, 5.74) is 8.00. The fraction of sp³-hybridized carbons (Fsp3) is 0.538. The lowest BCUT2D eigenvalue weighted by atomic mass is 9.89. The molecule has 0 aliphatic carbocycles. The molecule has 0 fully saturated rings. The van der Waals surface area contributed by atoms with Crippen molar-refractivity contribution in [2.45, 2.75) is 45.6 Å². The Morgan fingerprint density at radius 3 is 2.19 bits per heavy atom. The maximum absolute atomic E-state index is 6.00. The van der Waals surface area contributed by atoms with E-state index in [-0.39, 0.29) is 5.54 Å². The molecule has 0 radical (unpaired) electrons. The third-order valence-corrected chi connectivity index (χ3v) is 3.94. The van der Waals surface area contributed by atoms with Crippen molar-refractivity contribution in [2.75, 3.05) is 11.1 Å². The van der Waals surface area contributed by atoms with Gasteiger partial charge in [0.05, 0.1) is 11.4 Å². The number of nitrogens with two attached hydrogens (primary N) is 1. The van der Waals surface area contributed by atoms with Gasteiger partial charge in [-0.1, -0.05) is 36.7 Å². The standard InChI is InChI=1S/C13H21BrN2/c1-4-13(5-2,6-3)16-12-8-7-10(14)9-11(12)15/h7-9,16H,4-6,15H2,1-3H3. The van der Waals surface area contributed by atoms with Crippen molar-refractivity contribution in [3.8, 4) is 0 Å². The second kappa shape index (κ2) is 5.58. The number of nitrogen functional groups attached to an aromatic ring is 1. The second-order valence-electron chi connectivity index (χ2n) is 4.20. The van der Waals surface area contributed by atoms with Gasteiger partial charge in [-0.15, -0.1) is 0 Å². The normalized spacial score (nSPS) is 11.5. The molecule has 0 bridgehead atoms. The van der Waals surface area contributed by atoms with E-state index in [9.17, 15) is 0 Å². The van der Waals surface area contributed by atoms with Gasteiger partial charge in [0.25, 0.3) is 0 Å². The molecule has 0 aliphatic heterocycles. The van der Waals surface area contributed by atoms with Gasteiger partial charge in [-0.05, 0) is 37.5 Å². The van der Waals surface area contributed by atoms with E-state index < -0.39 is 0 Å². The molecule has 3 N–H and O–H groups in total. The summed E-state index contributed by atoms with van der Waals surface area (Å²) in [6.45, 7) is 6.65. The Kier molecular flexibility index (Phi) is 4.66. The predicted octanol–water partition coefficient (Wildman–Crippen LogP) is 4.41. The van der Waals surface area contributed by atoms with E-state index in [1.54, 1.807) is 0 Å². The number of anilines is 2. The molecule has 16 heavy (non-hydrogen) atoms. The van der Waals surface area contributed by atoms with E-state index >= 15 is 0 Å². The summed E-state index contributed by atoms with van der Waals surface area (Å²) in [6.07, 6.45) is 3.32. The van der Waals surface area contributed by atoms with E-state index in [2.05, 4.69) is 42.0 Å². The molecular weight excluding hydrogens is 264 g/mol. The lowest BCUT2D eigenvalue weighted by Gasteiger charge is -2.33. The monoisotopic (exact) mass is 284 g/mol. The highest BCUT2D eigenvalue weighted by atomic mass is 79.9. The minimum atomic E-state index is 0.169. The maximum atomic E-state index is 6.00. The number of nitrogens with one attached hydrogen (secondary N) is 1. The van der Waals surface area contributed by atoms with Crippen LogP contribution in [0.1, 0.15) is 40.0 Å². The largest absolute Gasteiger partial charge is 0.397 e. The van der Waals surface area contributed by atoms with Gasteiger partial charge in [-0.2, -0.15) is 0 Å². The Bertz CT molecular complexity index is 338. The van der Waals surface area contributed by atoms with E-state index in [0.717, 1.165) is 35.1 Å². The number of hydrogen-bond donors (Lipinski definition) is 2. The molecular formula is C13H21BrN2. The zero-order valence-electron chi connectivity index (χ0n) is 10.3. The van der Waals surface area contributed by atoms with Gasteiger partial charge in [0.2, 0.25) is 0 Å². The van der Waals surface area contributed by atoms with Crippen molar-refractivity contribution in [1.29, 1.82) is 0 Å². The van der Waals surface area contributed by atoms with E-state index in [0.29, 0.717) is 0 Å². The van der Waals surface area contributed by atoms with Gasteiger partial charge in [-0.25, -0.2) is 0 Å². The Morgan fingerprint density at radius 2 is 1.75 bits per heavy atom. The molecule has 0 unspecified atom stereocenters. The SMILES string of the molecule is CCC(CC)(CC)Nc1ccc(Br)cc1N. The zero-order valence-corrected chi connectivity index (χ0v) is 11.9. The zero-order chi connectivity index (χ0) is 12.2. The fourth-order valence-electron chi connectivity index (χ4n) is 1.95. The summed E-state index contributed by atoms with van der Waals surface area (Å²) in [7, 11) is 0. The number of hydrogen-bond acceptors (Lipinski definition) is 2. The summed E-state index contributed by atoms with van der Waals surface area (Å²) in [5, 5.41) is 3.59. The van der Waals surface area contributed by atoms with Gasteiger partial charge in [0, 0.05) is 10.0 Å². The lowest BCUT2D eigenvalue weighted by Crippen LogP contribution is -2.36. The van der Waals surface area contributed by atoms with Gasteiger partial charge in [0.15, 0.2) is 0 Å². The average Bonchev–Trinajstić information content (AvgIpc) is 2.29. The van der Waals surface area contributed by atoms with E-state index in [1.165, 1.54) is 0 Å². The number of rotatable bonds is 5. The van der Waals surface area contributed by atoms with Crippen LogP contribution in [-0.4, -0.2) is 5.54 Å². The Morgan fingerprint density at radius 1 is 1.19 bits per heavy atom.